The van der Waals surface area contributed by atoms with E-state index in [1.165, 1.54) is 5.56 Å². The topological polar surface area (TPSA) is 93.5 Å². The van der Waals surface area contributed by atoms with Crippen LogP contribution in [0.15, 0.2) is 66.9 Å². The lowest BCUT2D eigenvalue weighted by Gasteiger charge is -2.41. The molecule has 1 heterocycles. The Labute approximate surface area is 210 Å². The zero-order valence-corrected chi connectivity index (χ0v) is 20.3. The third kappa shape index (κ3) is 3.49. The quantitative estimate of drug-likeness (QED) is 0.259. The van der Waals surface area contributed by atoms with Gasteiger partial charge < -0.3 is 20.3 Å². The third-order valence-corrected chi connectivity index (χ3v) is 8.88. The summed E-state index contributed by atoms with van der Waals surface area (Å²) in [5.41, 5.74) is 7.00. The van der Waals surface area contributed by atoms with Gasteiger partial charge in [-0.15, -0.1) is 0 Å². The molecule has 2 aliphatic rings. The number of aromatic carboxylic acids is 1. The van der Waals surface area contributed by atoms with Crippen LogP contribution >= 0.6 is 0 Å². The highest BCUT2D eigenvalue weighted by molar-refractivity contribution is 6.11. The Hall–Kier alpha value is -3.41. The van der Waals surface area contributed by atoms with Gasteiger partial charge in [-0.1, -0.05) is 61.4 Å². The average molecular weight is 482 g/mol. The summed E-state index contributed by atoms with van der Waals surface area (Å²) < 4.78 is 0. The molecule has 3 aromatic carbocycles. The van der Waals surface area contributed by atoms with E-state index in [-0.39, 0.29) is 29.6 Å². The first kappa shape index (κ1) is 23.0. The summed E-state index contributed by atoms with van der Waals surface area (Å²) in [5.74, 6) is -0.959. The standard InChI is InChI=1S/C31H31NO4/c33-18-30(11-1-12-30)23-7-3-20(4-8-23)22-15-25(28-26(29(35)36)17-32-27(28)16-22)21-5-9-24(10-6-21)31(19-34)13-2-14-31/h3-10,15-17,32-34H,1-2,11-14,18-19H2,(H,35,36). The molecule has 0 unspecified atom stereocenters. The van der Waals surface area contributed by atoms with Crippen LogP contribution in [0.4, 0.5) is 0 Å². The highest BCUT2D eigenvalue weighted by Gasteiger charge is 2.38. The number of aromatic nitrogens is 1. The number of benzene rings is 3. The van der Waals surface area contributed by atoms with Crippen molar-refractivity contribution in [2.75, 3.05) is 13.2 Å². The molecule has 5 heteroatoms. The molecule has 4 N–H and O–H groups in total. The van der Waals surface area contributed by atoms with E-state index in [2.05, 4.69) is 47.4 Å². The summed E-state index contributed by atoms with van der Waals surface area (Å²) in [5, 5.41) is 30.5. The van der Waals surface area contributed by atoms with E-state index in [0.717, 1.165) is 71.9 Å². The zero-order valence-electron chi connectivity index (χ0n) is 20.3. The van der Waals surface area contributed by atoms with Crippen LogP contribution < -0.4 is 0 Å². The molecule has 2 fully saturated rings. The number of hydrogen-bond acceptors (Lipinski definition) is 3. The van der Waals surface area contributed by atoms with Gasteiger partial charge in [0.25, 0.3) is 0 Å². The normalized spacial score (nSPS) is 17.9. The van der Waals surface area contributed by atoms with Gasteiger partial charge in [-0.3, -0.25) is 0 Å². The number of nitrogens with one attached hydrogen (secondary N) is 1. The van der Waals surface area contributed by atoms with Gasteiger partial charge in [0.05, 0.1) is 18.8 Å². The van der Waals surface area contributed by atoms with E-state index < -0.39 is 5.97 Å². The second-order valence-corrected chi connectivity index (χ2v) is 10.7. The minimum atomic E-state index is -0.959. The maximum Gasteiger partial charge on any atom is 0.337 e. The molecular formula is C31H31NO4. The Bertz CT molecular complexity index is 1410. The average Bonchev–Trinajstić information content (AvgIpc) is 3.28. The van der Waals surface area contributed by atoms with Crippen LogP contribution in [0.2, 0.25) is 0 Å². The summed E-state index contributed by atoms with van der Waals surface area (Å²) >= 11 is 0. The van der Waals surface area contributed by atoms with Crippen LogP contribution in [0.25, 0.3) is 33.2 Å². The number of fused-ring (bicyclic) bond motifs is 1. The number of H-pyrrole nitrogens is 1. The Morgan fingerprint density at radius 3 is 1.72 bits per heavy atom. The Kier molecular flexibility index (Phi) is 5.51. The van der Waals surface area contributed by atoms with Crippen LogP contribution in [0.1, 0.15) is 60.0 Å². The molecule has 184 valence electrons. The molecule has 0 aliphatic heterocycles. The van der Waals surface area contributed by atoms with Crippen molar-refractivity contribution in [3.8, 4) is 22.3 Å². The molecule has 5 nitrogen and oxygen atoms in total. The maximum absolute atomic E-state index is 12.0. The van der Waals surface area contributed by atoms with E-state index >= 15 is 0 Å². The maximum atomic E-state index is 12.0. The van der Waals surface area contributed by atoms with Crippen molar-refractivity contribution in [1.29, 1.82) is 0 Å². The fourth-order valence-corrected chi connectivity index (χ4v) is 6.13. The van der Waals surface area contributed by atoms with Crippen LogP contribution in [0.5, 0.6) is 0 Å². The molecule has 0 spiro atoms. The lowest BCUT2D eigenvalue weighted by Crippen LogP contribution is -2.37. The SMILES string of the molecule is O=C(O)c1c[nH]c2cc(-c3ccc(C4(CO)CCC4)cc3)cc(-c3ccc(C4(CO)CCC4)cc3)c12. The van der Waals surface area contributed by atoms with Gasteiger partial charge >= 0.3 is 5.97 Å². The number of aromatic amines is 1. The van der Waals surface area contributed by atoms with E-state index in [9.17, 15) is 20.1 Å². The highest BCUT2D eigenvalue weighted by atomic mass is 16.4. The predicted octanol–water partition coefficient (Wildman–Crippen LogP) is 6.03. The Balaban J connectivity index is 1.44. The molecule has 0 saturated heterocycles. The van der Waals surface area contributed by atoms with E-state index in [1.54, 1.807) is 6.20 Å². The number of aliphatic hydroxyl groups excluding tert-OH is 2. The van der Waals surface area contributed by atoms with Gasteiger partial charge in [0.1, 0.15) is 0 Å². The van der Waals surface area contributed by atoms with Crippen molar-refractivity contribution >= 4 is 16.9 Å². The molecule has 0 atom stereocenters. The molecule has 2 aliphatic carbocycles. The van der Waals surface area contributed by atoms with E-state index in [1.807, 2.05) is 18.2 Å². The van der Waals surface area contributed by atoms with Crippen LogP contribution in [-0.4, -0.2) is 39.5 Å². The third-order valence-electron chi connectivity index (χ3n) is 8.88. The molecule has 0 bridgehead atoms. The number of carbonyl (C=O) groups is 1. The molecule has 2 saturated carbocycles. The Morgan fingerprint density at radius 1 is 0.750 bits per heavy atom. The lowest BCUT2D eigenvalue weighted by molar-refractivity contribution is 0.0699. The molecular weight excluding hydrogens is 450 g/mol. The first-order valence-electron chi connectivity index (χ1n) is 12.8. The van der Waals surface area contributed by atoms with Gasteiger partial charge in [0.15, 0.2) is 0 Å². The molecule has 1 aromatic heterocycles. The highest BCUT2D eigenvalue weighted by Crippen LogP contribution is 2.45. The number of carboxylic acids is 1. The molecule has 4 aromatic rings. The first-order valence-corrected chi connectivity index (χ1v) is 12.8. The number of hydrogen-bond donors (Lipinski definition) is 4. The van der Waals surface area contributed by atoms with E-state index in [0.29, 0.717) is 5.39 Å². The number of rotatable bonds is 7. The van der Waals surface area contributed by atoms with Crippen LogP contribution in [-0.2, 0) is 10.8 Å². The van der Waals surface area contributed by atoms with Crippen molar-refractivity contribution in [2.45, 2.75) is 49.4 Å². The smallest absolute Gasteiger partial charge is 0.337 e. The molecule has 36 heavy (non-hydrogen) atoms. The van der Waals surface area contributed by atoms with Crippen molar-refractivity contribution in [3.05, 3.63) is 83.6 Å². The van der Waals surface area contributed by atoms with Crippen molar-refractivity contribution < 1.29 is 20.1 Å². The Morgan fingerprint density at radius 2 is 1.28 bits per heavy atom. The first-order chi connectivity index (χ1) is 17.5. The summed E-state index contributed by atoms with van der Waals surface area (Å²) in [6, 6.07) is 20.8. The van der Waals surface area contributed by atoms with Crippen LogP contribution in [0, 0.1) is 0 Å². The van der Waals surface area contributed by atoms with Crippen molar-refractivity contribution in [2.24, 2.45) is 0 Å². The largest absolute Gasteiger partial charge is 0.478 e. The molecule has 0 amide bonds. The van der Waals surface area contributed by atoms with Gasteiger partial charge in [0, 0.05) is 27.9 Å². The van der Waals surface area contributed by atoms with Crippen molar-refractivity contribution in [1.82, 2.24) is 4.98 Å². The zero-order chi connectivity index (χ0) is 24.9. The number of aliphatic hydroxyl groups is 2. The van der Waals surface area contributed by atoms with E-state index in [4.69, 9.17) is 0 Å². The minimum absolute atomic E-state index is 0.0996. The molecule has 0 radical (unpaired) electrons. The monoisotopic (exact) mass is 481 g/mol. The second-order valence-electron chi connectivity index (χ2n) is 10.7. The summed E-state index contributed by atoms with van der Waals surface area (Å²) in [6.07, 6.45) is 7.89. The van der Waals surface area contributed by atoms with Crippen LogP contribution in [0.3, 0.4) is 0 Å². The minimum Gasteiger partial charge on any atom is -0.478 e. The van der Waals surface area contributed by atoms with Gasteiger partial charge in [-0.05, 0) is 71.2 Å². The second kappa shape index (κ2) is 8.61. The fourth-order valence-electron chi connectivity index (χ4n) is 6.13. The molecule has 6 rings (SSSR count). The predicted molar refractivity (Wildman–Crippen MR) is 141 cm³/mol. The fraction of sp³-hybridized carbons (Fsp3) is 0.323. The summed E-state index contributed by atoms with van der Waals surface area (Å²) in [6.45, 7) is 0.330. The van der Waals surface area contributed by atoms with Crippen molar-refractivity contribution in [3.63, 3.8) is 0 Å². The van der Waals surface area contributed by atoms with Gasteiger partial charge in [-0.25, -0.2) is 4.79 Å². The summed E-state index contributed by atoms with van der Waals surface area (Å²) in [4.78, 5) is 15.2. The lowest BCUT2D eigenvalue weighted by atomic mass is 9.65. The summed E-state index contributed by atoms with van der Waals surface area (Å²) in [7, 11) is 0. The number of carboxylic acid groups (broad SMARTS) is 1. The van der Waals surface area contributed by atoms with Gasteiger partial charge in [0.2, 0.25) is 0 Å². The van der Waals surface area contributed by atoms with Gasteiger partial charge in [-0.2, -0.15) is 0 Å².